The number of carbonyl (C=O) groups excluding carboxylic acids is 2. The zero-order valence-electron chi connectivity index (χ0n) is 23.7. The van der Waals surface area contributed by atoms with Gasteiger partial charge in [-0.05, 0) is 66.1 Å². The Morgan fingerprint density at radius 2 is 1.80 bits per heavy atom. The standard InChI is InChI=1S/C32H36ClN3O5/c1-4-21-16-24-18-25(17-21)36(32(38)39-3)13-15-41-30(26-6-5-7-27(33)29(24)26)28-20-35(12-14-40-28)31(37)23-10-8-22(9-11-23)19-34-2/h5-11,16-18,28,30,34H,4,12-15,19-20H2,1-3H3/t28-,30+/m1/s1. The zero-order chi connectivity index (χ0) is 28.9. The van der Waals surface area contributed by atoms with E-state index in [0.717, 1.165) is 46.5 Å². The lowest BCUT2D eigenvalue weighted by atomic mass is 9.91. The summed E-state index contributed by atoms with van der Waals surface area (Å²) in [7, 11) is 3.27. The monoisotopic (exact) mass is 577 g/mol. The highest BCUT2D eigenvalue weighted by Crippen LogP contribution is 2.41. The molecule has 0 aromatic heterocycles. The number of ether oxygens (including phenoxy) is 3. The molecule has 2 aliphatic rings. The lowest BCUT2D eigenvalue weighted by Crippen LogP contribution is -2.48. The predicted molar refractivity (Wildman–Crippen MR) is 160 cm³/mol. The van der Waals surface area contributed by atoms with Gasteiger partial charge >= 0.3 is 6.09 Å². The molecular weight excluding hydrogens is 542 g/mol. The van der Waals surface area contributed by atoms with Gasteiger partial charge in [0.25, 0.3) is 5.91 Å². The van der Waals surface area contributed by atoms with Gasteiger partial charge in [-0.25, -0.2) is 4.79 Å². The van der Waals surface area contributed by atoms with Crippen LogP contribution in [-0.4, -0.2) is 70.0 Å². The van der Waals surface area contributed by atoms with E-state index in [2.05, 4.69) is 18.3 Å². The first kappa shape index (κ1) is 29.1. The van der Waals surface area contributed by atoms with Crippen molar-refractivity contribution in [2.24, 2.45) is 0 Å². The Kier molecular flexibility index (Phi) is 9.25. The molecule has 3 aromatic carbocycles. The van der Waals surface area contributed by atoms with E-state index >= 15 is 0 Å². The number of morpholine rings is 1. The largest absolute Gasteiger partial charge is 0.452 e. The third kappa shape index (κ3) is 6.26. The smallest absolute Gasteiger partial charge is 0.414 e. The first-order valence-electron chi connectivity index (χ1n) is 14.0. The van der Waals surface area contributed by atoms with E-state index in [1.807, 2.05) is 66.5 Å². The number of hydrogen-bond donors (Lipinski definition) is 1. The molecule has 2 bridgehead atoms. The van der Waals surface area contributed by atoms with Gasteiger partial charge in [-0.1, -0.05) is 48.9 Å². The van der Waals surface area contributed by atoms with Crippen LogP contribution in [0.3, 0.4) is 0 Å². The van der Waals surface area contributed by atoms with E-state index < -0.39 is 18.3 Å². The highest BCUT2D eigenvalue weighted by atomic mass is 35.5. The molecule has 8 nitrogen and oxygen atoms in total. The van der Waals surface area contributed by atoms with Gasteiger partial charge < -0.3 is 24.4 Å². The van der Waals surface area contributed by atoms with Crippen LogP contribution in [0.15, 0.2) is 60.7 Å². The van der Waals surface area contributed by atoms with Crippen molar-refractivity contribution >= 4 is 29.3 Å². The molecule has 1 N–H and O–H groups in total. The van der Waals surface area contributed by atoms with Gasteiger partial charge in [-0.2, -0.15) is 0 Å². The number of nitrogens with zero attached hydrogens (tertiary/aromatic N) is 2. The Morgan fingerprint density at radius 3 is 2.54 bits per heavy atom. The minimum atomic E-state index is -0.524. The predicted octanol–water partition coefficient (Wildman–Crippen LogP) is 5.47. The van der Waals surface area contributed by atoms with Crippen LogP contribution in [0.1, 0.15) is 40.1 Å². The van der Waals surface area contributed by atoms with Gasteiger partial charge in [0.15, 0.2) is 0 Å². The van der Waals surface area contributed by atoms with Gasteiger partial charge in [0.1, 0.15) is 12.2 Å². The van der Waals surface area contributed by atoms with E-state index in [0.29, 0.717) is 36.8 Å². The van der Waals surface area contributed by atoms with Gasteiger partial charge in [0.05, 0.1) is 33.4 Å². The van der Waals surface area contributed by atoms with Crippen molar-refractivity contribution in [1.82, 2.24) is 10.2 Å². The number of halogens is 1. The molecule has 9 heteroatoms. The maximum atomic E-state index is 13.5. The summed E-state index contributed by atoms with van der Waals surface area (Å²) in [5.41, 5.74) is 6.15. The number of amides is 2. The van der Waals surface area contributed by atoms with Gasteiger partial charge in [0, 0.05) is 34.9 Å². The summed E-state index contributed by atoms with van der Waals surface area (Å²) in [6.45, 7) is 4.57. The third-order valence-electron chi connectivity index (χ3n) is 7.65. The minimum Gasteiger partial charge on any atom is -0.452 e. The van der Waals surface area contributed by atoms with Gasteiger partial charge in [-0.15, -0.1) is 0 Å². The summed E-state index contributed by atoms with van der Waals surface area (Å²) in [6.07, 6.45) is -0.637. The number of nitrogens with one attached hydrogen (secondary N) is 1. The number of hydrogen-bond acceptors (Lipinski definition) is 6. The lowest BCUT2D eigenvalue weighted by Gasteiger charge is -2.38. The second-order valence-electron chi connectivity index (χ2n) is 10.2. The highest BCUT2D eigenvalue weighted by molar-refractivity contribution is 6.33. The number of carbonyl (C=O) groups is 2. The molecule has 0 aliphatic carbocycles. The Hall–Kier alpha value is -3.43. The fourth-order valence-corrected chi connectivity index (χ4v) is 5.85. The van der Waals surface area contributed by atoms with Crippen LogP contribution < -0.4 is 10.2 Å². The summed E-state index contributed by atoms with van der Waals surface area (Å²) in [4.78, 5) is 29.7. The molecule has 41 heavy (non-hydrogen) atoms. The number of methoxy groups -OCH3 is 1. The van der Waals surface area contributed by atoms with E-state index in [1.165, 1.54) is 7.11 Å². The molecular formula is C32H36ClN3O5. The molecule has 2 atom stereocenters. The molecule has 0 spiro atoms. The summed E-state index contributed by atoms with van der Waals surface area (Å²) in [5, 5.41) is 3.70. The molecule has 2 amide bonds. The van der Waals surface area contributed by atoms with Crippen molar-refractivity contribution in [3.63, 3.8) is 0 Å². The van der Waals surface area contributed by atoms with Crippen molar-refractivity contribution in [3.05, 3.63) is 87.9 Å². The summed E-state index contributed by atoms with van der Waals surface area (Å²) in [6, 6.07) is 19.5. The second-order valence-corrected chi connectivity index (χ2v) is 10.7. The molecule has 2 aliphatic heterocycles. The van der Waals surface area contributed by atoms with Crippen LogP contribution in [-0.2, 0) is 27.2 Å². The van der Waals surface area contributed by atoms with Crippen LogP contribution in [0.25, 0.3) is 11.1 Å². The average molecular weight is 578 g/mol. The number of anilines is 1. The SMILES string of the molecule is CCc1cc2cc(c1)N(C(=O)OC)CCO[C@H]([C@H]1CN(C(=O)c3ccc(CNC)cc3)CCO1)c1cccc(Cl)c1-2. The third-order valence-corrected chi connectivity index (χ3v) is 7.96. The fraction of sp³-hybridized carbons (Fsp3) is 0.375. The molecule has 0 saturated carbocycles. The number of benzene rings is 3. The molecule has 216 valence electrons. The molecule has 2 heterocycles. The molecule has 0 radical (unpaired) electrons. The minimum absolute atomic E-state index is 0.0438. The average Bonchev–Trinajstić information content (AvgIpc) is 3.00. The second kappa shape index (κ2) is 13.0. The van der Waals surface area contributed by atoms with E-state index in [9.17, 15) is 9.59 Å². The maximum Gasteiger partial charge on any atom is 0.414 e. The summed E-state index contributed by atoms with van der Waals surface area (Å²) >= 11 is 6.86. The van der Waals surface area contributed by atoms with Crippen LogP contribution in [0, 0.1) is 0 Å². The van der Waals surface area contributed by atoms with E-state index in [1.54, 1.807) is 4.90 Å². The quantitative estimate of drug-likeness (QED) is 0.433. The number of fused-ring (bicyclic) bond motifs is 4. The van der Waals surface area contributed by atoms with Crippen molar-refractivity contribution in [2.75, 3.05) is 51.9 Å². The van der Waals surface area contributed by atoms with Gasteiger partial charge in [-0.3, -0.25) is 9.69 Å². The normalized spacial score (nSPS) is 18.9. The fourth-order valence-electron chi connectivity index (χ4n) is 5.56. The van der Waals surface area contributed by atoms with Crippen molar-refractivity contribution in [2.45, 2.75) is 32.1 Å². The van der Waals surface area contributed by atoms with Crippen molar-refractivity contribution in [1.29, 1.82) is 0 Å². The van der Waals surface area contributed by atoms with Crippen molar-refractivity contribution < 1.29 is 23.8 Å². The molecule has 1 fully saturated rings. The number of aryl methyl sites for hydroxylation is 1. The Morgan fingerprint density at radius 1 is 1.02 bits per heavy atom. The number of rotatable bonds is 5. The first-order chi connectivity index (χ1) is 19.9. The molecule has 0 unspecified atom stereocenters. The lowest BCUT2D eigenvalue weighted by molar-refractivity contribution is -0.106. The Labute approximate surface area is 246 Å². The summed E-state index contributed by atoms with van der Waals surface area (Å²) in [5.74, 6) is -0.0438. The highest BCUT2D eigenvalue weighted by Gasteiger charge is 2.35. The van der Waals surface area contributed by atoms with Crippen LogP contribution in [0.2, 0.25) is 5.02 Å². The summed E-state index contributed by atoms with van der Waals surface area (Å²) < 4.78 is 17.9. The zero-order valence-corrected chi connectivity index (χ0v) is 24.4. The Bertz CT molecular complexity index is 1400. The van der Waals surface area contributed by atoms with Crippen LogP contribution in [0.5, 0.6) is 0 Å². The van der Waals surface area contributed by atoms with Crippen molar-refractivity contribution in [3.8, 4) is 11.1 Å². The van der Waals surface area contributed by atoms with Crippen LogP contribution in [0.4, 0.5) is 10.5 Å². The first-order valence-corrected chi connectivity index (χ1v) is 14.4. The Balaban J connectivity index is 1.50. The van der Waals surface area contributed by atoms with Gasteiger partial charge in [0.2, 0.25) is 0 Å². The van der Waals surface area contributed by atoms with Crippen LogP contribution >= 0.6 is 11.6 Å². The van der Waals surface area contributed by atoms with E-state index in [-0.39, 0.29) is 12.5 Å². The topological polar surface area (TPSA) is 80.3 Å². The molecule has 3 aromatic rings. The maximum absolute atomic E-state index is 13.5. The molecule has 1 saturated heterocycles. The molecule has 5 rings (SSSR count). The van der Waals surface area contributed by atoms with E-state index in [4.69, 9.17) is 25.8 Å².